The molecule has 5 atom stereocenters. The van der Waals surface area contributed by atoms with Crippen molar-refractivity contribution in [3.8, 4) is 0 Å². The fourth-order valence-electron chi connectivity index (χ4n) is 11.3. The van der Waals surface area contributed by atoms with Gasteiger partial charge in [-0.1, -0.05) is 206 Å². The molecule has 6 N–H and O–H groups in total. The Labute approximate surface area is 565 Å². The van der Waals surface area contributed by atoms with Gasteiger partial charge >= 0.3 is 5.97 Å². The standard InChI is InChI=1S/C69H120N8O12S3/c1-7-9-11-13-15-17-19-21-23-25-27-29-31-36-46-91-51-57(69(88)89-5)75-67(86)58-38-37-45-76(58)68(87)55(48-53(3)4)72-61(80)50-71-65(84)54(43-47-90-6)74-66(85)56(52-92-64(83)40-34-30-28-26-24-22-20-18-16-14-12-10-8-2)73-60(79)49-70-59(78)39-33-32-35-44-77-62(81)41-42-63(77)82/h41-42,53-58H,7-40,43-52H2,1-6H3,(H,70,78)(H,71,84)(H,72,80)(H,73,79)(H,74,85)(H,75,86)/t54-,55-,56-,57-,58-/m0/s1. The summed E-state index contributed by atoms with van der Waals surface area (Å²) in [6.45, 7) is 7.76. The number of methoxy groups -OCH3 is 1. The van der Waals surface area contributed by atoms with Crippen molar-refractivity contribution >= 4 is 99.5 Å². The lowest BCUT2D eigenvalue weighted by Gasteiger charge is -2.30. The van der Waals surface area contributed by atoms with Gasteiger partial charge in [0.05, 0.1) is 20.2 Å². The number of nitrogens with zero attached hydrogens (tertiary/aromatic N) is 2. The Hall–Kier alpha value is -4.64. The molecule has 0 aliphatic carbocycles. The molecule has 0 bridgehead atoms. The highest BCUT2D eigenvalue weighted by atomic mass is 32.2. The van der Waals surface area contributed by atoms with Gasteiger partial charge in [0.2, 0.25) is 41.4 Å². The SMILES string of the molecule is CCCCCCCCCCCCCCCCSC[C@H](NC(=O)[C@@H]1CCCN1C(=O)[C@H](CC(C)C)NC(=O)CNC(=O)[C@H](CCSC)NC(=O)[C@H](CSC(=O)CCCCCCCCCCCCCCC)NC(=O)CNC(=O)CCCCCN1C(=O)C=CC1=O)C(=O)OC. The van der Waals surface area contributed by atoms with Gasteiger partial charge in [-0.05, 0) is 75.0 Å². The van der Waals surface area contributed by atoms with E-state index in [0.717, 1.165) is 54.5 Å². The molecule has 0 radical (unpaired) electrons. The maximum absolute atomic E-state index is 14.3. The minimum absolute atomic E-state index is 0.0555. The monoisotopic (exact) mass is 1350 g/mol. The van der Waals surface area contributed by atoms with Gasteiger partial charge in [0.1, 0.15) is 30.2 Å². The van der Waals surface area contributed by atoms with Crippen molar-refractivity contribution < 1.29 is 57.5 Å². The number of nitrogens with one attached hydrogen (secondary N) is 6. The number of esters is 1. The number of imide groups is 1. The van der Waals surface area contributed by atoms with Crippen LogP contribution in [0.15, 0.2) is 12.2 Å². The van der Waals surface area contributed by atoms with E-state index in [-0.39, 0.29) is 67.4 Å². The highest BCUT2D eigenvalue weighted by molar-refractivity contribution is 8.13. The third-order valence-electron chi connectivity index (χ3n) is 16.8. The fraction of sp³-hybridized carbons (Fsp3) is 0.812. The Kier molecular flexibility index (Phi) is 48.6. The molecule has 92 heavy (non-hydrogen) atoms. The van der Waals surface area contributed by atoms with Crippen LogP contribution >= 0.6 is 35.3 Å². The normalized spacial score (nSPS) is 15.1. The largest absolute Gasteiger partial charge is 0.467 e. The quantitative estimate of drug-likeness (QED) is 0.0188. The number of likely N-dealkylation sites (tertiary alicyclic amines) is 1. The summed E-state index contributed by atoms with van der Waals surface area (Å²) in [5.74, 6) is -4.07. The molecule has 0 aromatic carbocycles. The van der Waals surface area contributed by atoms with Crippen LogP contribution in [0.25, 0.3) is 0 Å². The van der Waals surface area contributed by atoms with Gasteiger partial charge in [-0.3, -0.25) is 52.8 Å². The first-order valence-electron chi connectivity index (χ1n) is 35.3. The smallest absolute Gasteiger partial charge is 0.329 e. The first kappa shape index (κ1) is 83.5. The van der Waals surface area contributed by atoms with Crippen molar-refractivity contribution in [1.29, 1.82) is 0 Å². The molecule has 20 nitrogen and oxygen atoms in total. The van der Waals surface area contributed by atoms with Crippen LogP contribution in [0.2, 0.25) is 0 Å². The van der Waals surface area contributed by atoms with Gasteiger partial charge < -0.3 is 41.5 Å². The van der Waals surface area contributed by atoms with Crippen LogP contribution in [0.4, 0.5) is 0 Å². The van der Waals surface area contributed by atoms with E-state index in [1.54, 1.807) is 11.8 Å². The van der Waals surface area contributed by atoms with Gasteiger partial charge in [-0.15, -0.1) is 0 Å². The summed E-state index contributed by atoms with van der Waals surface area (Å²) in [5, 5.41) is 16.0. The number of carbonyl (C=O) groups is 11. The number of amides is 9. The van der Waals surface area contributed by atoms with E-state index in [9.17, 15) is 52.7 Å². The number of rotatable bonds is 57. The first-order valence-corrected chi connectivity index (χ1v) is 38.9. The van der Waals surface area contributed by atoms with Gasteiger partial charge in [-0.25, -0.2) is 4.79 Å². The third-order valence-corrected chi connectivity index (χ3v) is 19.6. The Morgan fingerprint density at radius 1 is 0.543 bits per heavy atom. The van der Waals surface area contributed by atoms with Crippen LogP contribution < -0.4 is 31.9 Å². The van der Waals surface area contributed by atoms with E-state index < -0.39 is 90.6 Å². The predicted molar refractivity (Wildman–Crippen MR) is 373 cm³/mol. The van der Waals surface area contributed by atoms with Gasteiger partial charge in [0, 0.05) is 49.6 Å². The Morgan fingerprint density at radius 3 is 1.58 bits per heavy atom. The van der Waals surface area contributed by atoms with Crippen LogP contribution in [0.3, 0.4) is 0 Å². The number of carbonyl (C=O) groups excluding carboxylic acids is 11. The minimum atomic E-state index is -1.29. The maximum Gasteiger partial charge on any atom is 0.329 e. The molecular formula is C69H120N8O12S3. The number of thioether (sulfide) groups is 3. The van der Waals surface area contributed by atoms with Crippen molar-refractivity contribution in [3.05, 3.63) is 12.2 Å². The molecule has 1 saturated heterocycles. The molecule has 2 rings (SSSR count). The first-order chi connectivity index (χ1) is 44.4. The topological polar surface area (TPSA) is 276 Å². The van der Waals surface area contributed by atoms with Crippen molar-refractivity contribution in [3.63, 3.8) is 0 Å². The van der Waals surface area contributed by atoms with Gasteiger partial charge in [0.15, 0.2) is 5.12 Å². The Balaban J connectivity index is 2.00. The fourth-order valence-corrected chi connectivity index (χ4v) is 13.7. The van der Waals surface area contributed by atoms with Crippen molar-refractivity contribution in [1.82, 2.24) is 41.7 Å². The summed E-state index contributed by atoms with van der Waals surface area (Å²) in [6, 6.07) is -5.27. The molecule has 2 aliphatic heterocycles. The van der Waals surface area contributed by atoms with Crippen LogP contribution in [-0.4, -0.2) is 167 Å². The highest BCUT2D eigenvalue weighted by Crippen LogP contribution is 2.23. The molecule has 2 heterocycles. The summed E-state index contributed by atoms with van der Waals surface area (Å²) in [4.78, 5) is 148. The minimum Gasteiger partial charge on any atom is -0.467 e. The lowest BCUT2D eigenvalue weighted by molar-refractivity contribution is -0.146. The van der Waals surface area contributed by atoms with E-state index >= 15 is 0 Å². The lowest BCUT2D eigenvalue weighted by Crippen LogP contribution is -2.57. The third kappa shape index (κ3) is 39.3. The average Bonchev–Trinajstić information content (AvgIpc) is 2.31. The number of hydrogen-bond acceptors (Lipinski definition) is 15. The molecule has 0 saturated carbocycles. The van der Waals surface area contributed by atoms with E-state index in [1.807, 2.05) is 20.1 Å². The second kappa shape index (κ2) is 53.6. The van der Waals surface area contributed by atoms with Crippen LogP contribution in [0.1, 0.15) is 259 Å². The molecule has 0 spiro atoms. The van der Waals surface area contributed by atoms with Crippen LogP contribution in [0, 0.1) is 5.92 Å². The molecule has 1 fully saturated rings. The second-order valence-electron chi connectivity index (χ2n) is 25.3. The second-order valence-corrected chi connectivity index (χ2v) is 28.5. The molecule has 0 aromatic rings. The van der Waals surface area contributed by atoms with Gasteiger partial charge in [0.25, 0.3) is 11.8 Å². The summed E-state index contributed by atoms with van der Waals surface area (Å²) < 4.78 is 5.07. The van der Waals surface area contributed by atoms with E-state index in [4.69, 9.17) is 4.74 Å². The summed E-state index contributed by atoms with van der Waals surface area (Å²) in [6.07, 6.45) is 40.3. The molecule has 9 amide bonds. The molecule has 526 valence electrons. The number of unbranched alkanes of at least 4 members (excludes halogenated alkanes) is 27. The molecular weight excluding hydrogens is 1230 g/mol. The van der Waals surface area contributed by atoms with Crippen molar-refractivity contribution in [2.24, 2.45) is 5.92 Å². The zero-order chi connectivity index (χ0) is 67.6. The van der Waals surface area contributed by atoms with Gasteiger partial charge in [-0.2, -0.15) is 23.5 Å². The van der Waals surface area contributed by atoms with Crippen molar-refractivity contribution in [2.75, 3.05) is 62.6 Å². The Bertz CT molecular complexity index is 2190. The maximum atomic E-state index is 14.3. The van der Waals surface area contributed by atoms with Crippen LogP contribution in [0.5, 0.6) is 0 Å². The Morgan fingerprint density at radius 2 is 1.04 bits per heavy atom. The van der Waals surface area contributed by atoms with E-state index in [2.05, 4.69) is 45.7 Å². The average molecular weight is 1350 g/mol. The summed E-state index contributed by atoms with van der Waals surface area (Å²) in [7, 11) is 1.28. The highest BCUT2D eigenvalue weighted by Gasteiger charge is 2.39. The lowest BCUT2D eigenvalue weighted by atomic mass is 10.0. The summed E-state index contributed by atoms with van der Waals surface area (Å²) >= 11 is 3.92. The molecule has 2 aliphatic rings. The molecule has 0 unspecified atom stereocenters. The molecule has 0 aromatic heterocycles. The van der Waals surface area contributed by atoms with Crippen LogP contribution in [-0.2, 0) is 57.5 Å². The zero-order valence-electron chi connectivity index (χ0n) is 57.2. The summed E-state index contributed by atoms with van der Waals surface area (Å²) in [5.41, 5.74) is 0. The predicted octanol–water partition coefficient (Wildman–Crippen LogP) is 10.6. The van der Waals surface area contributed by atoms with Crippen molar-refractivity contribution in [2.45, 2.75) is 289 Å². The van der Waals surface area contributed by atoms with E-state index in [0.29, 0.717) is 50.0 Å². The van der Waals surface area contributed by atoms with E-state index in [1.165, 1.54) is 171 Å². The number of ether oxygens (including phenoxy) is 1. The zero-order valence-corrected chi connectivity index (χ0v) is 59.7. The number of hydrogen-bond donors (Lipinski definition) is 6. The molecule has 23 heteroatoms.